The Morgan fingerprint density at radius 2 is 2.06 bits per heavy atom. The number of aryl methyl sites for hydroxylation is 1. The van der Waals surface area contributed by atoms with Crippen LogP contribution in [0, 0.1) is 6.92 Å². The van der Waals surface area contributed by atoms with E-state index in [1.165, 1.54) is 0 Å². The Hall–Kier alpha value is -1.39. The van der Waals surface area contributed by atoms with Crippen molar-refractivity contribution >= 4 is 5.97 Å². The number of benzene rings is 1. The fourth-order valence-corrected chi connectivity index (χ4v) is 1.41. The maximum atomic E-state index is 11.1. The molecule has 1 atom stereocenters. The minimum absolute atomic E-state index is 0.496. The Kier molecular flexibility index (Phi) is 4.95. The van der Waals surface area contributed by atoms with Gasteiger partial charge in [-0.2, -0.15) is 0 Å². The van der Waals surface area contributed by atoms with Gasteiger partial charge in [0, 0.05) is 13.7 Å². The van der Waals surface area contributed by atoms with Crippen molar-refractivity contribution in [3.05, 3.63) is 35.4 Å². The fourth-order valence-electron chi connectivity index (χ4n) is 1.41. The molecule has 0 spiro atoms. The molecule has 0 aliphatic rings. The van der Waals surface area contributed by atoms with Gasteiger partial charge in [-0.15, -0.1) is 0 Å². The molecule has 1 aromatic carbocycles. The lowest BCUT2D eigenvalue weighted by Gasteiger charge is -2.14. The second-order valence-corrected chi connectivity index (χ2v) is 3.63. The number of nitrogens with one attached hydrogen (secondary N) is 1. The molecule has 88 valence electrons. The third-order valence-corrected chi connectivity index (χ3v) is 2.31. The van der Waals surface area contributed by atoms with Gasteiger partial charge in [-0.3, -0.25) is 10.1 Å². The van der Waals surface area contributed by atoms with E-state index in [1.54, 1.807) is 7.11 Å². The highest BCUT2D eigenvalue weighted by Crippen LogP contribution is 2.13. The summed E-state index contributed by atoms with van der Waals surface area (Å²) in [5.41, 5.74) is 1.87. The number of carbonyl (C=O) groups is 1. The van der Waals surface area contributed by atoms with Gasteiger partial charge in [0.05, 0.1) is 6.61 Å². The average Bonchev–Trinajstić information content (AvgIpc) is 2.26. The Bertz CT molecular complexity index is 335. The van der Waals surface area contributed by atoms with E-state index in [4.69, 9.17) is 9.84 Å². The van der Waals surface area contributed by atoms with Gasteiger partial charge in [-0.05, 0) is 12.5 Å². The number of hydrogen-bond acceptors (Lipinski definition) is 3. The molecule has 0 aliphatic heterocycles. The van der Waals surface area contributed by atoms with E-state index in [2.05, 4.69) is 5.32 Å². The zero-order valence-corrected chi connectivity index (χ0v) is 9.56. The number of ether oxygens (including phenoxy) is 1. The molecule has 0 fully saturated rings. The van der Waals surface area contributed by atoms with E-state index >= 15 is 0 Å². The molecule has 0 bridgehead atoms. The normalized spacial score (nSPS) is 12.4. The summed E-state index contributed by atoms with van der Waals surface area (Å²) in [7, 11) is 1.59. The smallest absolute Gasteiger partial charge is 0.325 e. The van der Waals surface area contributed by atoms with E-state index in [0.717, 1.165) is 11.1 Å². The largest absolute Gasteiger partial charge is 0.480 e. The zero-order chi connectivity index (χ0) is 12.0. The summed E-state index contributed by atoms with van der Waals surface area (Å²) < 4.78 is 4.87. The molecule has 4 nitrogen and oxygen atoms in total. The quantitative estimate of drug-likeness (QED) is 0.715. The van der Waals surface area contributed by atoms with Crippen LogP contribution in [0.3, 0.4) is 0 Å². The zero-order valence-electron chi connectivity index (χ0n) is 9.56. The van der Waals surface area contributed by atoms with Crippen LogP contribution in [0.2, 0.25) is 0 Å². The summed E-state index contributed by atoms with van der Waals surface area (Å²) in [5, 5.41) is 12.0. The van der Waals surface area contributed by atoms with Crippen LogP contribution in [0.5, 0.6) is 0 Å². The van der Waals surface area contributed by atoms with Gasteiger partial charge in [0.15, 0.2) is 0 Å². The third-order valence-electron chi connectivity index (χ3n) is 2.31. The van der Waals surface area contributed by atoms with Gasteiger partial charge in [-0.25, -0.2) is 0 Å². The minimum atomic E-state index is -0.875. The molecule has 2 N–H and O–H groups in total. The van der Waals surface area contributed by atoms with Crippen LogP contribution >= 0.6 is 0 Å². The highest BCUT2D eigenvalue weighted by Gasteiger charge is 2.18. The summed E-state index contributed by atoms with van der Waals surface area (Å²) >= 11 is 0. The van der Waals surface area contributed by atoms with Crippen molar-refractivity contribution in [1.29, 1.82) is 0 Å². The van der Waals surface area contributed by atoms with E-state index < -0.39 is 12.0 Å². The van der Waals surface area contributed by atoms with Crippen LogP contribution < -0.4 is 5.32 Å². The van der Waals surface area contributed by atoms with Gasteiger partial charge in [-0.1, -0.05) is 29.8 Å². The van der Waals surface area contributed by atoms with Crippen LogP contribution in [0.15, 0.2) is 24.3 Å². The number of hydrogen-bond donors (Lipinski definition) is 2. The van der Waals surface area contributed by atoms with E-state index in [-0.39, 0.29) is 0 Å². The summed E-state index contributed by atoms with van der Waals surface area (Å²) in [5.74, 6) is -0.875. The standard InChI is InChI=1S/C12H17NO3/c1-9-3-5-10(6-4-9)11(12(14)15)13-7-8-16-2/h3-6,11,13H,7-8H2,1-2H3,(H,14,15). The Labute approximate surface area is 95.2 Å². The van der Waals surface area contributed by atoms with Gasteiger partial charge in [0.25, 0.3) is 0 Å². The molecule has 0 amide bonds. The second kappa shape index (κ2) is 6.25. The molecular weight excluding hydrogens is 206 g/mol. The highest BCUT2D eigenvalue weighted by molar-refractivity contribution is 5.75. The van der Waals surface area contributed by atoms with Gasteiger partial charge < -0.3 is 9.84 Å². The molecule has 0 aromatic heterocycles. The van der Waals surface area contributed by atoms with Crippen molar-refractivity contribution in [3.8, 4) is 0 Å². The molecule has 0 radical (unpaired) electrons. The number of carboxylic acids is 1. The summed E-state index contributed by atoms with van der Waals surface area (Å²) in [4.78, 5) is 11.1. The lowest BCUT2D eigenvalue weighted by Crippen LogP contribution is -2.30. The molecule has 4 heteroatoms. The molecule has 0 saturated carbocycles. The summed E-state index contributed by atoms with van der Waals surface area (Å²) in [6.07, 6.45) is 0. The lowest BCUT2D eigenvalue weighted by molar-refractivity contribution is -0.139. The van der Waals surface area contributed by atoms with Crippen LogP contribution in [0.4, 0.5) is 0 Å². The van der Waals surface area contributed by atoms with Crippen LogP contribution in [0.25, 0.3) is 0 Å². The van der Waals surface area contributed by atoms with Crippen LogP contribution in [0.1, 0.15) is 17.2 Å². The summed E-state index contributed by atoms with van der Waals surface area (Å²) in [6.45, 7) is 2.98. The van der Waals surface area contributed by atoms with Crippen molar-refractivity contribution in [2.45, 2.75) is 13.0 Å². The maximum absolute atomic E-state index is 11.1. The lowest BCUT2D eigenvalue weighted by atomic mass is 10.1. The van der Waals surface area contributed by atoms with Crippen molar-refractivity contribution in [1.82, 2.24) is 5.32 Å². The van der Waals surface area contributed by atoms with E-state index in [9.17, 15) is 4.79 Å². The maximum Gasteiger partial charge on any atom is 0.325 e. The molecule has 16 heavy (non-hydrogen) atoms. The predicted octanol–water partition coefficient (Wildman–Crippen LogP) is 1.36. The predicted molar refractivity (Wildman–Crippen MR) is 61.4 cm³/mol. The first-order chi connectivity index (χ1) is 7.65. The van der Waals surface area contributed by atoms with Gasteiger partial charge in [0.1, 0.15) is 6.04 Å². The molecule has 1 rings (SSSR count). The van der Waals surface area contributed by atoms with Gasteiger partial charge >= 0.3 is 5.97 Å². The van der Waals surface area contributed by atoms with Crippen molar-refractivity contribution in [2.24, 2.45) is 0 Å². The minimum Gasteiger partial charge on any atom is -0.480 e. The number of rotatable bonds is 6. The number of methoxy groups -OCH3 is 1. The fraction of sp³-hybridized carbons (Fsp3) is 0.417. The Balaban J connectivity index is 2.69. The molecule has 0 saturated heterocycles. The first-order valence-electron chi connectivity index (χ1n) is 5.17. The van der Waals surface area contributed by atoms with Crippen molar-refractivity contribution < 1.29 is 14.6 Å². The average molecular weight is 223 g/mol. The van der Waals surface area contributed by atoms with Gasteiger partial charge in [0.2, 0.25) is 0 Å². The highest BCUT2D eigenvalue weighted by atomic mass is 16.5. The number of carboxylic acid groups (broad SMARTS) is 1. The topological polar surface area (TPSA) is 58.6 Å². The van der Waals surface area contributed by atoms with E-state index in [0.29, 0.717) is 13.2 Å². The molecule has 1 unspecified atom stereocenters. The molecular formula is C12H17NO3. The summed E-state index contributed by atoms with van der Waals surface area (Å²) in [6, 6.07) is 6.80. The Morgan fingerprint density at radius 3 is 2.56 bits per heavy atom. The van der Waals surface area contributed by atoms with Crippen LogP contribution in [-0.4, -0.2) is 31.3 Å². The third kappa shape index (κ3) is 3.64. The Morgan fingerprint density at radius 1 is 1.44 bits per heavy atom. The molecule has 0 heterocycles. The molecule has 1 aromatic rings. The SMILES string of the molecule is COCCNC(C(=O)O)c1ccc(C)cc1. The first kappa shape index (κ1) is 12.7. The second-order valence-electron chi connectivity index (χ2n) is 3.63. The van der Waals surface area contributed by atoms with Crippen molar-refractivity contribution in [2.75, 3.05) is 20.3 Å². The first-order valence-corrected chi connectivity index (χ1v) is 5.17. The van der Waals surface area contributed by atoms with E-state index in [1.807, 2.05) is 31.2 Å². The monoisotopic (exact) mass is 223 g/mol. The van der Waals surface area contributed by atoms with Crippen LogP contribution in [-0.2, 0) is 9.53 Å². The number of aliphatic carboxylic acids is 1. The van der Waals surface area contributed by atoms with Crippen molar-refractivity contribution in [3.63, 3.8) is 0 Å². The molecule has 0 aliphatic carbocycles.